The maximum absolute atomic E-state index is 11.3. The second-order valence-electron chi connectivity index (χ2n) is 4.40. The van der Waals surface area contributed by atoms with Gasteiger partial charge in [-0.1, -0.05) is 6.92 Å². The average Bonchev–Trinajstić information content (AvgIpc) is 2.14. The lowest BCUT2D eigenvalue weighted by molar-refractivity contribution is -0.146. The van der Waals surface area contributed by atoms with E-state index in [-0.39, 0.29) is 24.1 Å². The van der Waals surface area contributed by atoms with Crippen molar-refractivity contribution < 1.29 is 14.3 Å². The summed E-state index contributed by atoms with van der Waals surface area (Å²) < 4.78 is 10.3. The molecule has 0 aromatic heterocycles. The zero-order valence-corrected chi connectivity index (χ0v) is 10.0. The van der Waals surface area contributed by atoms with Gasteiger partial charge in [-0.15, -0.1) is 0 Å². The van der Waals surface area contributed by atoms with Crippen molar-refractivity contribution in [2.45, 2.75) is 33.0 Å². The van der Waals surface area contributed by atoms with Crippen molar-refractivity contribution in [3.8, 4) is 0 Å². The van der Waals surface area contributed by atoms with Crippen molar-refractivity contribution in [2.24, 2.45) is 5.92 Å². The van der Waals surface area contributed by atoms with Crippen molar-refractivity contribution in [1.82, 2.24) is 4.90 Å². The van der Waals surface area contributed by atoms with E-state index < -0.39 is 0 Å². The number of ether oxygens (including phenoxy) is 2. The molecule has 0 radical (unpaired) electrons. The molecule has 0 aliphatic carbocycles. The summed E-state index contributed by atoms with van der Waals surface area (Å²) in [5.74, 6) is -0.200. The van der Waals surface area contributed by atoms with Crippen LogP contribution < -0.4 is 0 Å². The fraction of sp³-hybridized carbons (Fsp3) is 0.909. The lowest BCUT2D eigenvalue weighted by Crippen LogP contribution is -2.47. The van der Waals surface area contributed by atoms with Crippen LogP contribution in [0.5, 0.6) is 0 Å². The molecule has 1 aliphatic heterocycles. The highest BCUT2D eigenvalue weighted by Gasteiger charge is 2.25. The number of rotatable bonds is 3. The van der Waals surface area contributed by atoms with Gasteiger partial charge in [0.05, 0.1) is 25.2 Å². The molecule has 0 unspecified atom stereocenters. The summed E-state index contributed by atoms with van der Waals surface area (Å²) in [4.78, 5) is 13.5. The van der Waals surface area contributed by atoms with E-state index in [0.717, 1.165) is 19.6 Å². The Bertz CT molecular complexity index is 210. The second kappa shape index (κ2) is 5.47. The molecule has 1 heterocycles. The van der Waals surface area contributed by atoms with Gasteiger partial charge in [-0.25, -0.2) is 0 Å². The minimum absolute atomic E-state index is 0.0625. The van der Waals surface area contributed by atoms with Crippen LogP contribution in [0.2, 0.25) is 0 Å². The second-order valence-corrected chi connectivity index (χ2v) is 4.40. The highest BCUT2D eigenvalue weighted by Crippen LogP contribution is 2.12. The van der Waals surface area contributed by atoms with E-state index >= 15 is 0 Å². The van der Waals surface area contributed by atoms with Crippen LogP contribution >= 0.6 is 0 Å². The molecule has 1 fully saturated rings. The molecule has 1 aliphatic rings. The third kappa shape index (κ3) is 3.80. The normalized spacial score (nSPS) is 29.9. The predicted molar refractivity (Wildman–Crippen MR) is 57.6 cm³/mol. The first-order chi connectivity index (χ1) is 7.02. The van der Waals surface area contributed by atoms with Crippen LogP contribution in [0, 0.1) is 5.92 Å². The van der Waals surface area contributed by atoms with Crippen LogP contribution in [0.4, 0.5) is 0 Å². The lowest BCUT2D eigenvalue weighted by Gasteiger charge is -2.36. The average molecular weight is 215 g/mol. The highest BCUT2D eigenvalue weighted by molar-refractivity contribution is 5.72. The van der Waals surface area contributed by atoms with Gasteiger partial charge in [-0.05, 0) is 13.8 Å². The number of hydrogen-bond acceptors (Lipinski definition) is 4. The van der Waals surface area contributed by atoms with Crippen molar-refractivity contribution >= 4 is 5.97 Å². The molecule has 0 spiro atoms. The van der Waals surface area contributed by atoms with Gasteiger partial charge in [0, 0.05) is 19.6 Å². The molecule has 1 saturated heterocycles. The van der Waals surface area contributed by atoms with E-state index in [2.05, 4.69) is 18.7 Å². The first-order valence-electron chi connectivity index (χ1n) is 5.48. The minimum atomic E-state index is -0.137. The van der Waals surface area contributed by atoms with Crippen molar-refractivity contribution in [3.63, 3.8) is 0 Å². The lowest BCUT2D eigenvalue weighted by atomic mass is 10.1. The van der Waals surface area contributed by atoms with E-state index in [9.17, 15) is 4.79 Å². The molecule has 3 atom stereocenters. The van der Waals surface area contributed by atoms with Gasteiger partial charge in [0.15, 0.2) is 0 Å². The SMILES string of the molecule is COC(=O)[C@@H](C)CN1C[C@@H](C)O[C@@H](C)C1. The Labute approximate surface area is 91.5 Å². The van der Waals surface area contributed by atoms with Crippen molar-refractivity contribution in [3.05, 3.63) is 0 Å². The smallest absolute Gasteiger partial charge is 0.309 e. The maximum Gasteiger partial charge on any atom is 0.309 e. The fourth-order valence-corrected chi connectivity index (χ4v) is 2.10. The number of esters is 1. The van der Waals surface area contributed by atoms with Crippen LogP contribution in [0.25, 0.3) is 0 Å². The van der Waals surface area contributed by atoms with E-state index in [1.165, 1.54) is 7.11 Å². The molecular formula is C11H21NO3. The molecule has 4 heteroatoms. The Morgan fingerprint density at radius 2 is 2.00 bits per heavy atom. The maximum atomic E-state index is 11.3. The molecule has 0 aromatic carbocycles. The summed E-state index contributed by atoms with van der Waals surface area (Å²) in [6.45, 7) is 8.57. The van der Waals surface area contributed by atoms with E-state index in [4.69, 9.17) is 9.47 Å². The Morgan fingerprint density at radius 3 is 2.47 bits per heavy atom. The zero-order chi connectivity index (χ0) is 11.4. The van der Waals surface area contributed by atoms with E-state index in [1.54, 1.807) is 0 Å². The number of morpholine rings is 1. The Kier molecular flexibility index (Phi) is 4.54. The molecule has 0 saturated carbocycles. The largest absolute Gasteiger partial charge is 0.469 e. The van der Waals surface area contributed by atoms with Gasteiger partial charge in [0.1, 0.15) is 0 Å². The number of nitrogens with zero attached hydrogens (tertiary/aromatic N) is 1. The quantitative estimate of drug-likeness (QED) is 0.656. The van der Waals surface area contributed by atoms with Crippen LogP contribution in [0.15, 0.2) is 0 Å². The van der Waals surface area contributed by atoms with Crippen LogP contribution in [-0.4, -0.2) is 49.8 Å². The first kappa shape index (κ1) is 12.5. The van der Waals surface area contributed by atoms with Gasteiger partial charge in [-0.3, -0.25) is 9.69 Å². The predicted octanol–water partition coefficient (Wildman–Crippen LogP) is 0.905. The standard InChI is InChI=1S/C11H21NO3/c1-8(11(13)14-4)5-12-6-9(2)15-10(3)7-12/h8-10H,5-7H2,1-4H3/t8-,9-,10+/m0/s1. The molecule has 0 aromatic rings. The van der Waals surface area contributed by atoms with Crippen molar-refractivity contribution in [2.75, 3.05) is 26.7 Å². The van der Waals surface area contributed by atoms with Crippen LogP contribution in [0.1, 0.15) is 20.8 Å². The Hall–Kier alpha value is -0.610. The van der Waals surface area contributed by atoms with Crippen LogP contribution in [-0.2, 0) is 14.3 Å². The van der Waals surface area contributed by atoms with Crippen molar-refractivity contribution in [1.29, 1.82) is 0 Å². The van der Waals surface area contributed by atoms with Gasteiger partial charge < -0.3 is 9.47 Å². The fourth-order valence-electron chi connectivity index (χ4n) is 2.10. The summed E-state index contributed by atoms with van der Waals surface area (Å²) in [5, 5.41) is 0. The summed E-state index contributed by atoms with van der Waals surface area (Å²) in [5.41, 5.74) is 0. The Morgan fingerprint density at radius 1 is 1.47 bits per heavy atom. The molecular weight excluding hydrogens is 194 g/mol. The van der Waals surface area contributed by atoms with E-state index in [1.807, 2.05) is 6.92 Å². The molecule has 4 nitrogen and oxygen atoms in total. The monoisotopic (exact) mass is 215 g/mol. The minimum Gasteiger partial charge on any atom is -0.469 e. The Balaban J connectivity index is 2.40. The third-order valence-electron chi connectivity index (χ3n) is 2.63. The zero-order valence-electron chi connectivity index (χ0n) is 10.0. The van der Waals surface area contributed by atoms with E-state index in [0.29, 0.717) is 0 Å². The van der Waals surface area contributed by atoms with Gasteiger partial charge in [0.25, 0.3) is 0 Å². The third-order valence-corrected chi connectivity index (χ3v) is 2.63. The molecule has 0 amide bonds. The number of hydrogen-bond donors (Lipinski definition) is 0. The highest BCUT2D eigenvalue weighted by atomic mass is 16.5. The number of carbonyl (C=O) groups excluding carboxylic acids is 1. The number of carbonyl (C=O) groups is 1. The molecule has 1 rings (SSSR count). The molecule has 88 valence electrons. The summed E-state index contributed by atoms with van der Waals surface area (Å²) in [6.07, 6.45) is 0.497. The van der Waals surface area contributed by atoms with Gasteiger partial charge in [-0.2, -0.15) is 0 Å². The van der Waals surface area contributed by atoms with Gasteiger partial charge in [0.2, 0.25) is 0 Å². The molecule has 0 bridgehead atoms. The molecule has 15 heavy (non-hydrogen) atoms. The summed E-state index contributed by atoms with van der Waals surface area (Å²) >= 11 is 0. The number of methoxy groups -OCH3 is 1. The van der Waals surface area contributed by atoms with Gasteiger partial charge >= 0.3 is 5.97 Å². The van der Waals surface area contributed by atoms with Crippen LogP contribution in [0.3, 0.4) is 0 Å². The summed E-state index contributed by atoms with van der Waals surface area (Å²) in [6, 6.07) is 0. The topological polar surface area (TPSA) is 38.8 Å². The summed E-state index contributed by atoms with van der Waals surface area (Å²) in [7, 11) is 1.43. The molecule has 0 N–H and O–H groups in total. The first-order valence-corrected chi connectivity index (χ1v) is 5.48.